The zero-order valence-corrected chi connectivity index (χ0v) is 18.7. The van der Waals surface area contributed by atoms with Crippen LogP contribution < -0.4 is 4.74 Å². The summed E-state index contributed by atoms with van der Waals surface area (Å²) < 4.78 is 73.9. The third-order valence-corrected chi connectivity index (χ3v) is 6.68. The zero-order chi connectivity index (χ0) is 24.8. The Morgan fingerprint density at radius 3 is 2.31 bits per heavy atom. The van der Waals surface area contributed by atoms with Crippen molar-refractivity contribution in [3.63, 3.8) is 0 Å². The molecule has 0 atom stereocenters. The van der Waals surface area contributed by atoms with Gasteiger partial charge in [0, 0.05) is 10.9 Å². The lowest BCUT2D eigenvalue weighted by Gasteiger charge is -2.08. The van der Waals surface area contributed by atoms with Gasteiger partial charge in [0.05, 0.1) is 10.4 Å². The average molecular weight is 500 g/mol. The zero-order valence-electron chi connectivity index (χ0n) is 17.9. The van der Waals surface area contributed by atoms with E-state index >= 15 is 0 Å². The molecule has 2 heterocycles. The Bertz CT molecular complexity index is 1620. The number of para-hydroxylation sites is 1. The minimum absolute atomic E-state index is 0.0512. The Morgan fingerprint density at radius 1 is 0.943 bits per heavy atom. The lowest BCUT2D eigenvalue weighted by molar-refractivity contribution is -0.274. The first-order valence-corrected chi connectivity index (χ1v) is 11.6. The highest BCUT2D eigenvalue weighted by Gasteiger charge is 2.31. The number of halogens is 3. The van der Waals surface area contributed by atoms with Gasteiger partial charge < -0.3 is 9.26 Å². The maximum Gasteiger partial charge on any atom is 0.573 e. The summed E-state index contributed by atoms with van der Waals surface area (Å²) in [6, 6.07) is 18.0. The van der Waals surface area contributed by atoms with Crippen LogP contribution >= 0.6 is 0 Å². The number of hydrogen-bond donors (Lipinski definition) is 0. The summed E-state index contributed by atoms with van der Waals surface area (Å²) in [4.78, 5) is 4.34. The van der Waals surface area contributed by atoms with E-state index in [2.05, 4.69) is 20.0 Å². The molecule has 0 radical (unpaired) electrons. The molecule has 2 aromatic heterocycles. The molecule has 35 heavy (non-hydrogen) atoms. The summed E-state index contributed by atoms with van der Waals surface area (Å²) in [6.45, 7) is 1.85. The molecule has 0 fully saturated rings. The molecule has 0 aliphatic heterocycles. The van der Waals surface area contributed by atoms with Gasteiger partial charge in [-0.2, -0.15) is 22.6 Å². The molecule has 0 aliphatic carbocycles. The first-order chi connectivity index (χ1) is 16.6. The van der Waals surface area contributed by atoms with Gasteiger partial charge in [-0.05, 0) is 49.4 Å². The molecule has 178 valence electrons. The Labute approximate surface area is 196 Å². The van der Waals surface area contributed by atoms with Crippen LogP contribution in [0.2, 0.25) is 0 Å². The second-order valence-electron chi connectivity index (χ2n) is 7.52. The van der Waals surface area contributed by atoms with Crippen LogP contribution in [0.1, 0.15) is 5.56 Å². The van der Waals surface area contributed by atoms with Crippen molar-refractivity contribution < 1.29 is 30.8 Å². The van der Waals surface area contributed by atoms with Crippen molar-refractivity contribution in [3.8, 4) is 28.7 Å². The van der Waals surface area contributed by atoms with Gasteiger partial charge in [0.1, 0.15) is 5.75 Å². The summed E-state index contributed by atoms with van der Waals surface area (Å²) in [6.07, 6.45) is -4.81. The monoisotopic (exact) mass is 500 g/mol. The summed E-state index contributed by atoms with van der Waals surface area (Å²) >= 11 is 0. The smallest absolute Gasteiger partial charge is 0.406 e. The largest absolute Gasteiger partial charge is 0.573 e. The average Bonchev–Trinajstić information content (AvgIpc) is 3.44. The number of rotatable bonds is 5. The van der Waals surface area contributed by atoms with E-state index in [1.807, 2.05) is 6.92 Å². The van der Waals surface area contributed by atoms with Crippen molar-refractivity contribution >= 4 is 20.9 Å². The highest BCUT2D eigenvalue weighted by Crippen LogP contribution is 2.31. The fourth-order valence-corrected chi connectivity index (χ4v) is 4.72. The first kappa shape index (κ1) is 22.6. The number of aryl methyl sites for hydroxylation is 1. The van der Waals surface area contributed by atoms with Crippen molar-refractivity contribution in [2.75, 3.05) is 0 Å². The van der Waals surface area contributed by atoms with Crippen molar-refractivity contribution in [1.29, 1.82) is 0 Å². The highest BCUT2D eigenvalue weighted by molar-refractivity contribution is 7.90. The second-order valence-corrected chi connectivity index (χ2v) is 9.29. The number of alkyl halides is 3. The van der Waals surface area contributed by atoms with E-state index in [9.17, 15) is 21.6 Å². The van der Waals surface area contributed by atoms with E-state index in [1.54, 1.807) is 36.4 Å². The minimum Gasteiger partial charge on any atom is -0.406 e. The summed E-state index contributed by atoms with van der Waals surface area (Å²) in [5.41, 5.74) is 1.74. The molecule has 0 saturated heterocycles. The Morgan fingerprint density at radius 2 is 1.63 bits per heavy atom. The van der Waals surface area contributed by atoms with Crippen LogP contribution in [0, 0.1) is 6.92 Å². The maximum absolute atomic E-state index is 13.3. The summed E-state index contributed by atoms with van der Waals surface area (Å²) in [5, 5.41) is 8.61. The van der Waals surface area contributed by atoms with E-state index in [4.69, 9.17) is 4.52 Å². The molecular weight excluding hydrogens is 485 g/mol. The van der Waals surface area contributed by atoms with Gasteiger partial charge in [0.2, 0.25) is 5.82 Å². The number of ether oxygens (including phenoxy) is 1. The molecule has 0 N–H and O–H groups in total. The lowest BCUT2D eigenvalue weighted by atomic mass is 10.2. The van der Waals surface area contributed by atoms with Crippen molar-refractivity contribution in [2.24, 2.45) is 0 Å². The van der Waals surface area contributed by atoms with Crippen LogP contribution in [-0.4, -0.2) is 34.1 Å². The number of aromatic nitrogens is 4. The van der Waals surface area contributed by atoms with Crippen molar-refractivity contribution in [1.82, 2.24) is 19.3 Å². The van der Waals surface area contributed by atoms with Crippen LogP contribution in [0.5, 0.6) is 5.75 Å². The maximum atomic E-state index is 13.3. The van der Waals surface area contributed by atoms with E-state index in [-0.39, 0.29) is 22.3 Å². The predicted molar refractivity (Wildman–Crippen MR) is 119 cm³/mol. The van der Waals surface area contributed by atoms with Crippen LogP contribution in [0.3, 0.4) is 0 Å². The minimum atomic E-state index is -4.81. The number of benzene rings is 3. The third kappa shape index (κ3) is 4.35. The molecule has 0 unspecified atom stereocenters. The Kier molecular flexibility index (Phi) is 5.32. The van der Waals surface area contributed by atoms with Crippen LogP contribution in [-0.2, 0) is 10.0 Å². The van der Waals surface area contributed by atoms with Gasteiger partial charge in [0.15, 0.2) is 5.69 Å². The highest BCUT2D eigenvalue weighted by atomic mass is 32.2. The van der Waals surface area contributed by atoms with E-state index in [1.165, 1.54) is 24.3 Å². The number of nitrogens with zero attached hydrogens (tertiary/aromatic N) is 4. The molecule has 0 aliphatic rings. The van der Waals surface area contributed by atoms with Crippen molar-refractivity contribution in [2.45, 2.75) is 18.2 Å². The summed E-state index contributed by atoms with van der Waals surface area (Å²) in [7, 11) is -4.02. The molecule has 0 amide bonds. The SMILES string of the molecule is Cc1ccc(S(=O)(=O)n2nc(-c3nc(-c4ccc(OC(F)(F)F)cc4)no3)c3ccccc32)cc1. The first-order valence-electron chi connectivity index (χ1n) is 10.1. The van der Waals surface area contributed by atoms with Crippen LogP contribution in [0.15, 0.2) is 82.2 Å². The second kappa shape index (κ2) is 8.24. The van der Waals surface area contributed by atoms with E-state index in [0.717, 1.165) is 21.8 Å². The van der Waals surface area contributed by atoms with Crippen LogP contribution in [0.25, 0.3) is 33.9 Å². The molecule has 0 bridgehead atoms. The van der Waals surface area contributed by atoms with Gasteiger partial charge in [-0.25, -0.2) is 0 Å². The topological polar surface area (TPSA) is 100 Å². The van der Waals surface area contributed by atoms with Gasteiger partial charge in [-0.3, -0.25) is 0 Å². The molecule has 12 heteroatoms. The standard InChI is InChI=1S/C23H15F3N4O4S/c1-14-6-12-17(13-7-14)35(31,32)30-19-5-3-2-4-18(19)20(28-30)22-27-21(29-34-22)15-8-10-16(11-9-15)33-23(24,25)26/h2-13H,1H3. The molecule has 5 aromatic rings. The molecule has 5 rings (SSSR count). The molecule has 0 saturated carbocycles. The normalized spacial score (nSPS) is 12.2. The molecule has 0 spiro atoms. The van der Waals surface area contributed by atoms with Gasteiger partial charge in [-0.1, -0.05) is 41.1 Å². The van der Waals surface area contributed by atoms with E-state index < -0.39 is 22.1 Å². The quantitative estimate of drug-likeness (QED) is 0.327. The predicted octanol–water partition coefficient (Wildman–Crippen LogP) is 5.20. The van der Waals surface area contributed by atoms with E-state index in [0.29, 0.717) is 16.5 Å². The van der Waals surface area contributed by atoms with Gasteiger partial charge in [-0.15, -0.1) is 13.2 Å². The third-order valence-electron chi connectivity index (χ3n) is 5.08. The number of fused-ring (bicyclic) bond motifs is 1. The van der Waals surface area contributed by atoms with Crippen LogP contribution in [0.4, 0.5) is 13.2 Å². The molecule has 3 aromatic carbocycles. The lowest BCUT2D eigenvalue weighted by Crippen LogP contribution is -2.16. The van der Waals surface area contributed by atoms with Crippen molar-refractivity contribution in [3.05, 3.63) is 78.4 Å². The molecular formula is C23H15F3N4O4S. The molecule has 8 nitrogen and oxygen atoms in total. The number of hydrogen-bond acceptors (Lipinski definition) is 7. The Hall–Kier alpha value is -4.19. The fourth-order valence-electron chi connectivity index (χ4n) is 3.43. The fraction of sp³-hybridized carbons (Fsp3) is 0.0870. The van der Waals surface area contributed by atoms with Gasteiger partial charge >= 0.3 is 6.36 Å². The Balaban J connectivity index is 1.54. The summed E-state index contributed by atoms with van der Waals surface area (Å²) in [5.74, 6) is -0.362. The van der Waals surface area contributed by atoms with Gasteiger partial charge in [0.25, 0.3) is 15.9 Å².